The Labute approximate surface area is 162 Å². The number of rotatable bonds is 5. The van der Waals surface area contributed by atoms with E-state index in [0.717, 1.165) is 22.3 Å². The number of methoxy groups -OCH3 is 1. The van der Waals surface area contributed by atoms with E-state index in [1.807, 2.05) is 78.9 Å². The lowest BCUT2D eigenvalue weighted by Crippen LogP contribution is -1.97. The fraction of sp³-hybridized carbons (Fsp3) is 0.0455. The van der Waals surface area contributed by atoms with Crippen molar-refractivity contribution in [1.29, 1.82) is 0 Å². The van der Waals surface area contributed by atoms with Crippen molar-refractivity contribution in [3.8, 4) is 11.5 Å². The molecule has 3 aromatic carbocycles. The van der Waals surface area contributed by atoms with Crippen LogP contribution in [0.2, 0.25) is 5.02 Å². The topological polar surface area (TPSA) is 47.1 Å². The van der Waals surface area contributed by atoms with E-state index in [-0.39, 0.29) is 0 Å². The Kier molecular flexibility index (Phi) is 4.81. The third-order valence-corrected chi connectivity index (χ3v) is 4.29. The maximum absolute atomic E-state index is 6.14. The van der Waals surface area contributed by atoms with Crippen molar-refractivity contribution in [3.63, 3.8) is 0 Å². The molecule has 0 bridgehead atoms. The van der Waals surface area contributed by atoms with Gasteiger partial charge in [-0.25, -0.2) is 4.98 Å². The van der Waals surface area contributed by atoms with E-state index in [0.29, 0.717) is 22.4 Å². The normalized spacial score (nSPS) is 11.6. The highest BCUT2D eigenvalue weighted by Gasteiger charge is 2.11. The van der Waals surface area contributed by atoms with Gasteiger partial charge in [0.1, 0.15) is 11.5 Å². The van der Waals surface area contributed by atoms with E-state index in [1.54, 1.807) is 7.11 Å². The molecule has 27 heavy (non-hydrogen) atoms. The van der Waals surface area contributed by atoms with Gasteiger partial charge in [-0.2, -0.15) is 0 Å². The Bertz CT molecular complexity index is 1070. The van der Waals surface area contributed by atoms with E-state index in [2.05, 4.69) is 9.97 Å². The molecule has 0 radical (unpaired) electrons. The summed E-state index contributed by atoms with van der Waals surface area (Å²) < 4.78 is 11.3. The molecule has 0 saturated heterocycles. The Morgan fingerprint density at radius 1 is 0.963 bits per heavy atom. The van der Waals surface area contributed by atoms with Gasteiger partial charge in [0.15, 0.2) is 11.6 Å². The lowest BCUT2D eigenvalue weighted by atomic mass is 10.2. The number of halogens is 1. The van der Waals surface area contributed by atoms with Crippen LogP contribution in [0, 0.1) is 0 Å². The largest absolute Gasteiger partial charge is 0.497 e. The van der Waals surface area contributed by atoms with Gasteiger partial charge in [-0.3, -0.25) is 0 Å². The molecule has 4 rings (SSSR count). The monoisotopic (exact) mass is 376 g/mol. The number of benzene rings is 3. The third-order valence-electron chi connectivity index (χ3n) is 4.06. The number of hydrogen-bond acceptors (Lipinski definition) is 3. The van der Waals surface area contributed by atoms with Crippen LogP contribution in [0.4, 0.5) is 0 Å². The maximum Gasteiger partial charge on any atom is 0.174 e. The summed E-state index contributed by atoms with van der Waals surface area (Å²) in [6, 6.07) is 22.9. The maximum atomic E-state index is 6.14. The average Bonchev–Trinajstić information content (AvgIpc) is 3.12. The van der Waals surface area contributed by atoms with E-state index < -0.39 is 0 Å². The zero-order valence-electron chi connectivity index (χ0n) is 14.6. The Balaban J connectivity index is 1.76. The third kappa shape index (κ3) is 3.96. The van der Waals surface area contributed by atoms with Crippen LogP contribution >= 0.6 is 11.6 Å². The second-order valence-corrected chi connectivity index (χ2v) is 6.38. The van der Waals surface area contributed by atoms with Gasteiger partial charge in [-0.15, -0.1) is 0 Å². The summed E-state index contributed by atoms with van der Waals surface area (Å²) in [5.74, 6) is 2.70. The van der Waals surface area contributed by atoms with Crippen LogP contribution in [0.25, 0.3) is 22.9 Å². The number of nitrogens with one attached hydrogen (secondary N) is 1. The molecule has 1 N–H and O–H groups in total. The summed E-state index contributed by atoms with van der Waals surface area (Å²) >= 11 is 6.12. The fourth-order valence-corrected chi connectivity index (χ4v) is 2.93. The minimum atomic E-state index is 0.596. The van der Waals surface area contributed by atoms with Crippen LogP contribution in [-0.2, 0) is 0 Å². The second-order valence-electron chi connectivity index (χ2n) is 5.94. The number of imidazole rings is 1. The minimum Gasteiger partial charge on any atom is -0.497 e. The first kappa shape index (κ1) is 17.2. The molecule has 134 valence electrons. The molecule has 0 atom stereocenters. The van der Waals surface area contributed by atoms with Gasteiger partial charge < -0.3 is 14.5 Å². The Morgan fingerprint density at radius 3 is 2.48 bits per heavy atom. The summed E-state index contributed by atoms with van der Waals surface area (Å²) in [6.07, 6.45) is 1.91. The van der Waals surface area contributed by atoms with Crippen molar-refractivity contribution in [2.75, 3.05) is 7.11 Å². The first-order chi connectivity index (χ1) is 13.2. The van der Waals surface area contributed by atoms with Crippen molar-refractivity contribution in [1.82, 2.24) is 9.97 Å². The molecule has 0 aliphatic rings. The van der Waals surface area contributed by atoms with E-state index in [4.69, 9.17) is 21.1 Å². The molecule has 0 unspecified atom stereocenters. The molecule has 0 aliphatic carbocycles. The van der Waals surface area contributed by atoms with Gasteiger partial charge in [0.25, 0.3) is 0 Å². The lowest BCUT2D eigenvalue weighted by Gasteiger charge is -2.09. The zero-order valence-corrected chi connectivity index (χ0v) is 15.4. The number of hydrogen-bond donors (Lipinski definition) is 1. The van der Waals surface area contributed by atoms with Crippen molar-refractivity contribution in [2.24, 2.45) is 0 Å². The first-order valence-corrected chi connectivity index (χ1v) is 8.83. The molecule has 0 amide bonds. The molecule has 0 fully saturated rings. The summed E-state index contributed by atoms with van der Waals surface area (Å²) in [4.78, 5) is 7.97. The van der Waals surface area contributed by atoms with Crippen LogP contribution in [0.5, 0.6) is 11.5 Å². The van der Waals surface area contributed by atoms with Crippen molar-refractivity contribution in [3.05, 3.63) is 89.2 Å². The molecule has 0 spiro atoms. The smallest absolute Gasteiger partial charge is 0.174 e. The van der Waals surface area contributed by atoms with E-state index in [1.165, 1.54) is 0 Å². The van der Waals surface area contributed by atoms with Crippen molar-refractivity contribution in [2.45, 2.75) is 0 Å². The Morgan fingerprint density at radius 2 is 1.74 bits per heavy atom. The summed E-state index contributed by atoms with van der Waals surface area (Å²) in [5.41, 5.74) is 2.75. The molecular weight excluding hydrogens is 360 g/mol. The predicted molar refractivity (Wildman–Crippen MR) is 109 cm³/mol. The van der Waals surface area contributed by atoms with Crippen LogP contribution < -0.4 is 9.47 Å². The van der Waals surface area contributed by atoms with Gasteiger partial charge in [-0.1, -0.05) is 35.9 Å². The summed E-state index contributed by atoms with van der Waals surface area (Å²) in [6.45, 7) is 0. The Hall–Kier alpha value is -3.24. The predicted octanol–water partition coefficient (Wildman–Crippen LogP) is 5.80. The standard InChI is InChI=1S/C22H17ClN2O2/c1-26-17-9-11-18(12-10-17)27-21(14-15-5-4-6-16(23)13-15)22-24-19-7-2-3-8-20(19)25-22/h2-14H,1H3,(H,24,25)/b21-14-. The van der Waals surface area contributed by atoms with Gasteiger partial charge in [0.05, 0.1) is 18.1 Å². The minimum absolute atomic E-state index is 0.596. The SMILES string of the molecule is COc1ccc(O/C(=C\c2cccc(Cl)c2)c2nc3ccccc3[nH]2)cc1. The molecule has 4 aromatic rings. The first-order valence-electron chi connectivity index (χ1n) is 8.45. The van der Waals surface area contributed by atoms with E-state index >= 15 is 0 Å². The number of para-hydroxylation sites is 2. The van der Waals surface area contributed by atoms with Gasteiger partial charge in [0.2, 0.25) is 0 Å². The number of aromatic nitrogens is 2. The quantitative estimate of drug-likeness (QED) is 0.447. The van der Waals surface area contributed by atoms with Gasteiger partial charge in [0, 0.05) is 5.02 Å². The highest BCUT2D eigenvalue weighted by molar-refractivity contribution is 6.30. The highest BCUT2D eigenvalue weighted by atomic mass is 35.5. The summed E-state index contributed by atoms with van der Waals surface area (Å²) in [5, 5.41) is 0.664. The van der Waals surface area contributed by atoms with Crippen molar-refractivity contribution < 1.29 is 9.47 Å². The van der Waals surface area contributed by atoms with E-state index in [9.17, 15) is 0 Å². The number of fused-ring (bicyclic) bond motifs is 1. The van der Waals surface area contributed by atoms with Crippen LogP contribution in [0.3, 0.4) is 0 Å². The number of H-pyrrole nitrogens is 1. The summed E-state index contributed by atoms with van der Waals surface area (Å²) in [7, 11) is 1.63. The lowest BCUT2D eigenvalue weighted by molar-refractivity contribution is 0.413. The molecule has 5 heteroatoms. The highest BCUT2D eigenvalue weighted by Crippen LogP contribution is 2.26. The van der Waals surface area contributed by atoms with Crippen LogP contribution in [0.15, 0.2) is 72.8 Å². The van der Waals surface area contributed by atoms with Crippen LogP contribution in [0.1, 0.15) is 11.4 Å². The number of nitrogens with zero attached hydrogens (tertiary/aromatic N) is 1. The molecule has 0 aliphatic heterocycles. The zero-order chi connectivity index (χ0) is 18.6. The molecule has 0 saturated carbocycles. The molecular formula is C22H17ClN2O2. The van der Waals surface area contributed by atoms with Gasteiger partial charge >= 0.3 is 0 Å². The fourth-order valence-electron chi connectivity index (χ4n) is 2.73. The van der Waals surface area contributed by atoms with Gasteiger partial charge in [-0.05, 0) is 60.2 Å². The second kappa shape index (κ2) is 7.56. The number of ether oxygens (including phenoxy) is 2. The van der Waals surface area contributed by atoms with Crippen molar-refractivity contribution >= 4 is 34.5 Å². The average molecular weight is 377 g/mol. The van der Waals surface area contributed by atoms with Crippen LogP contribution in [-0.4, -0.2) is 17.1 Å². The molecule has 1 aromatic heterocycles. The number of aromatic amines is 1. The molecule has 1 heterocycles. The molecule has 4 nitrogen and oxygen atoms in total.